The first-order valence-corrected chi connectivity index (χ1v) is 7.80. The van der Waals surface area contributed by atoms with Crippen LogP contribution in [0.5, 0.6) is 5.75 Å². The minimum atomic E-state index is -0.267. The van der Waals surface area contributed by atoms with Crippen LogP contribution in [0.1, 0.15) is 44.6 Å². The Labute approximate surface area is 126 Å². The average Bonchev–Trinajstić information content (AvgIpc) is 3.26. The quantitative estimate of drug-likeness (QED) is 0.688. The van der Waals surface area contributed by atoms with Crippen LogP contribution in [-0.2, 0) is 0 Å². The van der Waals surface area contributed by atoms with Gasteiger partial charge >= 0.3 is 0 Å². The normalized spacial score (nSPS) is 17.5. The summed E-state index contributed by atoms with van der Waals surface area (Å²) in [4.78, 5) is 0. The number of aliphatic hydroxyl groups is 1. The molecule has 0 spiro atoms. The lowest BCUT2D eigenvalue weighted by Gasteiger charge is -2.29. The Hall–Kier alpha value is -1.13. The first kappa shape index (κ1) is 16.2. The Morgan fingerprint density at radius 2 is 2.14 bits per heavy atom. The van der Waals surface area contributed by atoms with Crippen molar-refractivity contribution in [3.8, 4) is 5.75 Å². The van der Waals surface area contributed by atoms with Gasteiger partial charge in [-0.25, -0.2) is 4.39 Å². The van der Waals surface area contributed by atoms with E-state index in [1.54, 1.807) is 6.07 Å². The zero-order valence-electron chi connectivity index (χ0n) is 13.0. The third kappa shape index (κ3) is 5.29. The standard InChI is InChI=1S/C17H26FNO2/c1-13-5-6-14(18)11-16(13)21-10-4-3-9-17(2,12-20)19-15-7-8-15/h5-6,11,15,19-20H,3-4,7-10,12H2,1-2H3. The molecule has 3 nitrogen and oxygen atoms in total. The smallest absolute Gasteiger partial charge is 0.126 e. The minimum absolute atomic E-state index is 0.160. The summed E-state index contributed by atoms with van der Waals surface area (Å²) in [6.45, 7) is 4.72. The average molecular weight is 295 g/mol. The summed E-state index contributed by atoms with van der Waals surface area (Å²) < 4.78 is 18.8. The highest BCUT2D eigenvalue weighted by Crippen LogP contribution is 2.25. The molecule has 1 aromatic rings. The molecular weight excluding hydrogens is 269 g/mol. The van der Waals surface area contributed by atoms with Crippen molar-refractivity contribution in [3.05, 3.63) is 29.6 Å². The topological polar surface area (TPSA) is 41.5 Å². The summed E-state index contributed by atoms with van der Waals surface area (Å²) in [5.41, 5.74) is 0.766. The number of hydrogen-bond acceptors (Lipinski definition) is 3. The monoisotopic (exact) mass is 295 g/mol. The molecule has 4 heteroatoms. The van der Waals surface area contributed by atoms with Gasteiger partial charge in [0.2, 0.25) is 0 Å². The zero-order valence-corrected chi connectivity index (χ0v) is 13.0. The lowest BCUT2D eigenvalue weighted by atomic mass is 9.95. The highest BCUT2D eigenvalue weighted by Gasteiger charge is 2.31. The van der Waals surface area contributed by atoms with Crippen LogP contribution < -0.4 is 10.1 Å². The summed E-state index contributed by atoms with van der Waals surface area (Å²) in [6, 6.07) is 5.20. The molecule has 1 atom stereocenters. The summed E-state index contributed by atoms with van der Waals surface area (Å²) >= 11 is 0. The van der Waals surface area contributed by atoms with E-state index in [4.69, 9.17) is 4.74 Å². The molecule has 0 aromatic heterocycles. The van der Waals surface area contributed by atoms with Crippen LogP contribution >= 0.6 is 0 Å². The number of nitrogens with one attached hydrogen (secondary N) is 1. The molecule has 0 bridgehead atoms. The molecule has 21 heavy (non-hydrogen) atoms. The van der Waals surface area contributed by atoms with E-state index in [1.165, 1.54) is 25.0 Å². The Balaban J connectivity index is 1.68. The molecule has 1 aliphatic carbocycles. The molecule has 1 saturated carbocycles. The van der Waals surface area contributed by atoms with Crippen molar-refractivity contribution in [2.75, 3.05) is 13.2 Å². The lowest BCUT2D eigenvalue weighted by molar-refractivity contribution is 0.158. The van der Waals surface area contributed by atoms with E-state index in [1.807, 2.05) is 6.92 Å². The number of rotatable bonds is 9. The maximum atomic E-state index is 13.1. The molecule has 0 heterocycles. The number of halogens is 1. The van der Waals surface area contributed by atoms with E-state index in [2.05, 4.69) is 12.2 Å². The van der Waals surface area contributed by atoms with Crippen LogP contribution in [0.3, 0.4) is 0 Å². The van der Waals surface area contributed by atoms with Gasteiger partial charge < -0.3 is 15.2 Å². The summed E-state index contributed by atoms with van der Waals surface area (Å²) in [5, 5.41) is 13.0. The highest BCUT2D eigenvalue weighted by atomic mass is 19.1. The van der Waals surface area contributed by atoms with E-state index < -0.39 is 0 Å². The predicted molar refractivity (Wildman–Crippen MR) is 82.1 cm³/mol. The number of aryl methyl sites for hydroxylation is 1. The second kappa shape index (κ2) is 7.23. The maximum Gasteiger partial charge on any atom is 0.126 e. The molecule has 1 fully saturated rings. The van der Waals surface area contributed by atoms with Crippen molar-refractivity contribution < 1.29 is 14.2 Å². The molecule has 0 saturated heterocycles. The fraction of sp³-hybridized carbons (Fsp3) is 0.647. The summed E-state index contributed by atoms with van der Waals surface area (Å²) in [7, 11) is 0. The number of benzene rings is 1. The number of ether oxygens (including phenoxy) is 1. The predicted octanol–water partition coefficient (Wildman–Crippen LogP) is 3.19. The first-order valence-electron chi connectivity index (χ1n) is 7.80. The van der Waals surface area contributed by atoms with Crippen molar-refractivity contribution in [3.63, 3.8) is 0 Å². The fourth-order valence-corrected chi connectivity index (χ4v) is 2.45. The van der Waals surface area contributed by atoms with E-state index in [-0.39, 0.29) is 18.0 Å². The van der Waals surface area contributed by atoms with Gasteiger partial charge in [-0.3, -0.25) is 0 Å². The molecular formula is C17H26FNO2. The Kier molecular flexibility index (Phi) is 5.59. The van der Waals surface area contributed by atoms with Gasteiger partial charge in [-0.1, -0.05) is 6.07 Å². The van der Waals surface area contributed by atoms with Crippen molar-refractivity contribution >= 4 is 0 Å². The summed E-state index contributed by atoms with van der Waals surface area (Å²) in [6.07, 6.45) is 5.24. The number of hydrogen-bond donors (Lipinski definition) is 2. The zero-order chi connectivity index (χ0) is 15.3. The Morgan fingerprint density at radius 3 is 2.81 bits per heavy atom. The lowest BCUT2D eigenvalue weighted by Crippen LogP contribution is -2.46. The van der Waals surface area contributed by atoms with Crippen LogP contribution in [0.2, 0.25) is 0 Å². The highest BCUT2D eigenvalue weighted by molar-refractivity contribution is 5.32. The van der Waals surface area contributed by atoms with Gasteiger partial charge in [0.05, 0.1) is 13.2 Å². The van der Waals surface area contributed by atoms with Gasteiger partial charge in [0.25, 0.3) is 0 Å². The molecule has 0 amide bonds. The molecule has 0 aliphatic heterocycles. The van der Waals surface area contributed by atoms with E-state index in [0.29, 0.717) is 18.4 Å². The van der Waals surface area contributed by atoms with Gasteiger partial charge in [-0.2, -0.15) is 0 Å². The van der Waals surface area contributed by atoms with Crippen molar-refractivity contribution in [1.29, 1.82) is 0 Å². The van der Waals surface area contributed by atoms with E-state index >= 15 is 0 Å². The summed E-state index contributed by atoms with van der Waals surface area (Å²) in [5.74, 6) is 0.355. The largest absolute Gasteiger partial charge is 0.493 e. The minimum Gasteiger partial charge on any atom is -0.493 e. The molecule has 2 N–H and O–H groups in total. The van der Waals surface area contributed by atoms with Crippen LogP contribution in [-0.4, -0.2) is 29.9 Å². The van der Waals surface area contributed by atoms with Gasteiger partial charge in [-0.05, 0) is 57.6 Å². The fourth-order valence-electron chi connectivity index (χ4n) is 2.45. The van der Waals surface area contributed by atoms with Crippen molar-refractivity contribution in [2.24, 2.45) is 0 Å². The molecule has 2 rings (SSSR count). The second-order valence-electron chi connectivity index (χ2n) is 6.35. The van der Waals surface area contributed by atoms with Crippen molar-refractivity contribution in [2.45, 2.75) is 57.5 Å². The first-order chi connectivity index (χ1) is 10.0. The van der Waals surface area contributed by atoms with Gasteiger partial charge in [-0.15, -0.1) is 0 Å². The third-order valence-electron chi connectivity index (χ3n) is 4.01. The van der Waals surface area contributed by atoms with Gasteiger partial charge in [0.1, 0.15) is 11.6 Å². The molecule has 1 unspecified atom stereocenters. The number of unbranched alkanes of at least 4 members (excludes halogenated alkanes) is 1. The molecule has 1 aromatic carbocycles. The van der Waals surface area contributed by atoms with Crippen molar-refractivity contribution in [1.82, 2.24) is 5.32 Å². The maximum absolute atomic E-state index is 13.1. The number of aliphatic hydroxyl groups excluding tert-OH is 1. The molecule has 1 aliphatic rings. The molecule has 118 valence electrons. The second-order valence-corrected chi connectivity index (χ2v) is 6.35. The SMILES string of the molecule is Cc1ccc(F)cc1OCCCCC(C)(CO)NC1CC1. The van der Waals surface area contributed by atoms with Crippen LogP contribution in [0.4, 0.5) is 4.39 Å². The van der Waals surface area contributed by atoms with Gasteiger partial charge in [0, 0.05) is 17.6 Å². The van der Waals surface area contributed by atoms with Crippen LogP contribution in [0.15, 0.2) is 18.2 Å². The third-order valence-corrected chi connectivity index (χ3v) is 4.01. The Bertz CT molecular complexity index is 462. The van der Waals surface area contributed by atoms with Gasteiger partial charge in [0.15, 0.2) is 0 Å². The molecule has 0 radical (unpaired) electrons. The van der Waals surface area contributed by atoms with Crippen LogP contribution in [0, 0.1) is 12.7 Å². The van der Waals surface area contributed by atoms with E-state index in [9.17, 15) is 9.50 Å². The van der Waals surface area contributed by atoms with Crippen LogP contribution in [0.25, 0.3) is 0 Å². The Morgan fingerprint density at radius 1 is 1.38 bits per heavy atom. The van der Waals surface area contributed by atoms with E-state index in [0.717, 1.165) is 24.8 Å².